The lowest BCUT2D eigenvalue weighted by Gasteiger charge is -2.34. The average molecular weight is 391 g/mol. The molecule has 0 saturated carbocycles. The van der Waals surface area contributed by atoms with Crippen LogP contribution in [0.5, 0.6) is 0 Å². The molecule has 8 heteroatoms. The molecule has 1 unspecified atom stereocenters. The number of carbonyl (C=O) groups is 1. The summed E-state index contributed by atoms with van der Waals surface area (Å²) in [5.41, 5.74) is 2.86. The second-order valence-corrected chi connectivity index (χ2v) is 7.95. The molecule has 0 radical (unpaired) electrons. The molecular formula is C21H21N5O3. The summed E-state index contributed by atoms with van der Waals surface area (Å²) >= 11 is 0. The van der Waals surface area contributed by atoms with Gasteiger partial charge in [0.1, 0.15) is 17.0 Å². The fourth-order valence-electron chi connectivity index (χ4n) is 4.34. The molecule has 0 aromatic carbocycles. The van der Waals surface area contributed by atoms with Crippen molar-refractivity contribution in [2.24, 2.45) is 0 Å². The minimum Gasteiger partial charge on any atom is -0.376 e. The third-order valence-electron chi connectivity index (χ3n) is 5.86. The molecule has 3 aromatic rings. The lowest BCUT2D eigenvalue weighted by atomic mass is 9.80. The quantitative estimate of drug-likeness (QED) is 0.623. The Bertz CT molecular complexity index is 1200. The van der Waals surface area contributed by atoms with E-state index in [1.165, 1.54) is 10.6 Å². The number of amides is 1. The van der Waals surface area contributed by atoms with Gasteiger partial charge in [0, 0.05) is 37.2 Å². The number of likely N-dealkylation sites (tertiary alicyclic amines) is 1. The van der Waals surface area contributed by atoms with Crippen LogP contribution in [-0.4, -0.2) is 49.9 Å². The normalized spacial score (nSPS) is 21.0. The number of ether oxygens (including phenoxy) is 1. The predicted octanol–water partition coefficient (Wildman–Crippen LogP) is 1.42. The summed E-state index contributed by atoms with van der Waals surface area (Å²) in [5.74, 6) is 0.411. The zero-order valence-electron chi connectivity index (χ0n) is 16.4. The van der Waals surface area contributed by atoms with Crippen molar-refractivity contribution in [1.29, 1.82) is 0 Å². The summed E-state index contributed by atoms with van der Waals surface area (Å²) in [6.45, 7) is 5.80. The van der Waals surface area contributed by atoms with Gasteiger partial charge in [-0.05, 0) is 38.0 Å². The molecule has 1 saturated heterocycles. The van der Waals surface area contributed by atoms with Gasteiger partial charge in [0.25, 0.3) is 11.5 Å². The van der Waals surface area contributed by atoms with Crippen molar-refractivity contribution in [3.05, 3.63) is 69.3 Å². The minimum atomic E-state index is -0.353. The number of carbonyl (C=O) groups excluding carboxylic acids is 1. The molecule has 5 rings (SSSR count). The van der Waals surface area contributed by atoms with E-state index in [1.54, 1.807) is 11.1 Å². The van der Waals surface area contributed by atoms with Gasteiger partial charge in [-0.25, -0.2) is 15.0 Å². The summed E-state index contributed by atoms with van der Waals surface area (Å²) in [4.78, 5) is 41.0. The molecule has 0 bridgehead atoms. The Morgan fingerprint density at radius 3 is 2.97 bits per heavy atom. The van der Waals surface area contributed by atoms with Crippen molar-refractivity contribution in [2.45, 2.75) is 32.3 Å². The van der Waals surface area contributed by atoms with E-state index in [-0.39, 0.29) is 22.4 Å². The van der Waals surface area contributed by atoms with E-state index in [0.29, 0.717) is 37.8 Å². The number of rotatable bonds is 1. The van der Waals surface area contributed by atoms with Crippen LogP contribution in [-0.2, 0) is 16.8 Å². The zero-order valence-corrected chi connectivity index (χ0v) is 16.4. The van der Waals surface area contributed by atoms with Gasteiger partial charge in [0.05, 0.1) is 24.3 Å². The molecule has 1 spiro atoms. The summed E-state index contributed by atoms with van der Waals surface area (Å²) in [5, 5.41) is 0. The predicted molar refractivity (Wildman–Crippen MR) is 105 cm³/mol. The van der Waals surface area contributed by atoms with Crippen LogP contribution in [0, 0.1) is 13.8 Å². The lowest BCUT2D eigenvalue weighted by molar-refractivity contribution is 0.0482. The molecule has 0 aliphatic carbocycles. The second kappa shape index (κ2) is 6.45. The fraction of sp³-hybridized carbons (Fsp3) is 0.381. The Morgan fingerprint density at radius 2 is 2.10 bits per heavy atom. The smallest absolute Gasteiger partial charge is 0.270 e. The molecule has 1 fully saturated rings. The maximum absolute atomic E-state index is 13.2. The molecule has 29 heavy (non-hydrogen) atoms. The van der Waals surface area contributed by atoms with Crippen molar-refractivity contribution >= 4 is 11.6 Å². The van der Waals surface area contributed by atoms with E-state index in [1.807, 2.05) is 32.2 Å². The van der Waals surface area contributed by atoms with Crippen molar-refractivity contribution in [3.63, 3.8) is 0 Å². The highest BCUT2D eigenvalue weighted by Gasteiger charge is 2.46. The van der Waals surface area contributed by atoms with Gasteiger partial charge < -0.3 is 9.64 Å². The van der Waals surface area contributed by atoms with Crippen LogP contribution in [0.1, 0.15) is 39.4 Å². The van der Waals surface area contributed by atoms with Crippen molar-refractivity contribution in [3.8, 4) is 0 Å². The largest absolute Gasteiger partial charge is 0.376 e. The summed E-state index contributed by atoms with van der Waals surface area (Å²) in [7, 11) is 0. The molecule has 5 heterocycles. The van der Waals surface area contributed by atoms with E-state index in [2.05, 4.69) is 15.0 Å². The Hall–Kier alpha value is -3.13. The fourth-order valence-corrected chi connectivity index (χ4v) is 4.34. The number of pyridine rings is 1. The second-order valence-electron chi connectivity index (χ2n) is 7.95. The third kappa shape index (κ3) is 2.82. The van der Waals surface area contributed by atoms with Gasteiger partial charge in [0.15, 0.2) is 0 Å². The first kappa shape index (κ1) is 17.9. The van der Waals surface area contributed by atoms with Gasteiger partial charge in [0.2, 0.25) is 0 Å². The van der Waals surface area contributed by atoms with Crippen molar-refractivity contribution in [2.75, 3.05) is 19.7 Å². The van der Waals surface area contributed by atoms with Gasteiger partial charge in [-0.3, -0.25) is 14.0 Å². The molecule has 3 aromatic heterocycles. The van der Waals surface area contributed by atoms with Crippen molar-refractivity contribution < 1.29 is 9.53 Å². The van der Waals surface area contributed by atoms with Crippen LogP contribution < -0.4 is 5.56 Å². The number of fused-ring (bicyclic) bond motifs is 3. The van der Waals surface area contributed by atoms with E-state index in [9.17, 15) is 9.59 Å². The first-order valence-electron chi connectivity index (χ1n) is 9.65. The highest BCUT2D eigenvalue weighted by molar-refractivity contribution is 5.94. The molecular weight excluding hydrogens is 370 g/mol. The maximum atomic E-state index is 13.2. The Morgan fingerprint density at radius 1 is 1.24 bits per heavy atom. The van der Waals surface area contributed by atoms with Gasteiger partial charge in [-0.1, -0.05) is 0 Å². The topological polar surface area (TPSA) is 89.7 Å². The van der Waals surface area contributed by atoms with Crippen LogP contribution in [0.2, 0.25) is 0 Å². The highest BCUT2D eigenvalue weighted by atomic mass is 16.5. The zero-order chi connectivity index (χ0) is 20.2. The summed E-state index contributed by atoms with van der Waals surface area (Å²) in [6.07, 6.45) is 5.60. The molecule has 2 aliphatic heterocycles. The Labute approximate surface area is 167 Å². The molecule has 2 aliphatic rings. The molecule has 1 amide bonds. The number of nitrogens with zero attached hydrogens (tertiary/aromatic N) is 5. The minimum absolute atomic E-state index is 0.0826. The van der Waals surface area contributed by atoms with E-state index < -0.39 is 0 Å². The van der Waals surface area contributed by atoms with Gasteiger partial charge >= 0.3 is 0 Å². The summed E-state index contributed by atoms with van der Waals surface area (Å²) in [6, 6.07) is 3.65. The monoisotopic (exact) mass is 391 g/mol. The number of aryl methyl sites for hydroxylation is 2. The van der Waals surface area contributed by atoms with Crippen LogP contribution in [0.25, 0.3) is 5.65 Å². The first-order valence-corrected chi connectivity index (χ1v) is 9.65. The molecule has 148 valence electrons. The molecule has 8 nitrogen and oxygen atoms in total. The number of aromatic nitrogens is 4. The number of hydrogen-bond acceptors (Lipinski definition) is 6. The van der Waals surface area contributed by atoms with Gasteiger partial charge in [-0.2, -0.15) is 0 Å². The van der Waals surface area contributed by atoms with E-state index in [4.69, 9.17) is 4.74 Å². The Balaban J connectivity index is 1.49. The van der Waals surface area contributed by atoms with E-state index in [0.717, 1.165) is 23.2 Å². The van der Waals surface area contributed by atoms with Gasteiger partial charge in [-0.15, -0.1) is 0 Å². The summed E-state index contributed by atoms with van der Waals surface area (Å²) < 4.78 is 7.22. The SMILES string of the molecule is Cc1ccn2c(=O)c(C(=O)N3CCC4(COCc5cnc(C)nc54)C3)cnc2c1. The molecule has 1 atom stereocenters. The maximum Gasteiger partial charge on any atom is 0.270 e. The lowest BCUT2D eigenvalue weighted by Crippen LogP contribution is -2.42. The van der Waals surface area contributed by atoms with Crippen LogP contribution in [0.15, 0.2) is 35.5 Å². The Kier molecular flexibility index (Phi) is 3.99. The van der Waals surface area contributed by atoms with Crippen LogP contribution in [0.4, 0.5) is 0 Å². The molecule has 0 N–H and O–H groups in total. The number of hydrogen-bond donors (Lipinski definition) is 0. The first-order chi connectivity index (χ1) is 14.0. The average Bonchev–Trinajstić information content (AvgIpc) is 3.13. The standard InChI is InChI=1S/C21H21N5O3/c1-13-3-5-26-17(7-13)23-9-16(20(26)28)19(27)25-6-4-21(11-25)12-29-10-15-8-22-14(2)24-18(15)21/h3,5,7-9H,4,6,10-12H2,1-2H3. The van der Waals surface area contributed by atoms with Crippen LogP contribution in [0.3, 0.4) is 0 Å². The van der Waals surface area contributed by atoms with Crippen molar-refractivity contribution in [1.82, 2.24) is 24.3 Å². The van der Waals surface area contributed by atoms with Crippen LogP contribution >= 0.6 is 0 Å². The highest BCUT2D eigenvalue weighted by Crippen LogP contribution is 2.39. The van der Waals surface area contributed by atoms with E-state index >= 15 is 0 Å². The third-order valence-corrected chi connectivity index (χ3v) is 5.86.